The molecule has 92 valence electrons. The molecule has 0 fully saturated rings. The zero-order chi connectivity index (χ0) is 12.7. The second-order valence-electron chi connectivity index (χ2n) is 3.82. The van der Waals surface area contributed by atoms with Crippen LogP contribution in [0.2, 0.25) is 0 Å². The molecule has 1 nitrogen and oxygen atoms in total. The van der Waals surface area contributed by atoms with Gasteiger partial charge >= 0.3 is 11.8 Å². The van der Waals surface area contributed by atoms with Gasteiger partial charge in [-0.05, 0) is 17.2 Å². The zero-order valence-electron chi connectivity index (χ0n) is 8.96. The average Bonchev–Trinajstić information content (AvgIpc) is 2.34. The number of methoxy groups -OCH3 is 1. The van der Waals surface area contributed by atoms with Crippen molar-refractivity contribution >= 4 is 6.08 Å². The molecule has 1 atom stereocenters. The molecule has 1 unspecified atom stereocenters. The Labute approximate surface area is 95.7 Å². The standard InChI is InChI=1S/C12H10F4O/c1-17-10-9-5-3-2-4-8(9)6-7-11(13,14)12(10,15)16/h2-7,10H,1H3. The first kappa shape index (κ1) is 12.1. The molecule has 0 N–H and O–H groups in total. The summed E-state index contributed by atoms with van der Waals surface area (Å²) in [5, 5.41) is 0. The highest BCUT2D eigenvalue weighted by molar-refractivity contribution is 5.57. The van der Waals surface area contributed by atoms with Crippen molar-refractivity contribution in [2.75, 3.05) is 7.11 Å². The van der Waals surface area contributed by atoms with Crippen LogP contribution in [0.25, 0.3) is 6.08 Å². The molecular weight excluding hydrogens is 236 g/mol. The molecule has 0 saturated heterocycles. The summed E-state index contributed by atoms with van der Waals surface area (Å²) in [4.78, 5) is 0. The van der Waals surface area contributed by atoms with Crippen molar-refractivity contribution in [2.45, 2.75) is 17.9 Å². The average molecular weight is 246 g/mol. The van der Waals surface area contributed by atoms with Gasteiger partial charge in [0.05, 0.1) is 0 Å². The van der Waals surface area contributed by atoms with Crippen molar-refractivity contribution in [3.63, 3.8) is 0 Å². The van der Waals surface area contributed by atoms with Gasteiger partial charge in [-0.1, -0.05) is 30.3 Å². The van der Waals surface area contributed by atoms with Crippen LogP contribution >= 0.6 is 0 Å². The van der Waals surface area contributed by atoms with Gasteiger partial charge in [-0.2, -0.15) is 17.6 Å². The van der Waals surface area contributed by atoms with Crippen molar-refractivity contribution in [1.82, 2.24) is 0 Å². The van der Waals surface area contributed by atoms with E-state index < -0.39 is 17.9 Å². The zero-order valence-corrected chi connectivity index (χ0v) is 8.96. The summed E-state index contributed by atoms with van der Waals surface area (Å²) in [6.45, 7) is 0. The van der Waals surface area contributed by atoms with E-state index in [1.54, 1.807) is 6.07 Å². The molecule has 0 saturated carbocycles. The number of fused-ring (bicyclic) bond motifs is 1. The third-order valence-electron chi connectivity index (χ3n) is 2.76. The first-order valence-corrected chi connectivity index (χ1v) is 4.97. The van der Waals surface area contributed by atoms with Crippen LogP contribution in [0.1, 0.15) is 17.2 Å². The fourth-order valence-corrected chi connectivity index (χ4v) is 1.85. The van der Waals surface area contributed by atoms with Gasteiger partial charge in [0, 0.05) is 7.11 Å². The molecule has 2 rings (SSSR count). The van der Waals surface area contributed by atoms with Crippen molar-refractivity contribution < 1.29 is 22.3 Å². The highest BCUT2D eigenvalue weighted by atomic mass is 19.3. The summed E-state index contributed by atoms with van der Waals surface area (Å²) >= 11 is 0. The summed E-state index contributed by atoms with van der Waals surface area (Å²) < 4.78 is 58.6. The fourth-order valence-electron chi connectivity index (χ4n) is 1.85. The van der Waals surface area contributed by atoms with Gasteiger partial charge in [-0.3, -0.25) is 0 Å². The maximum absolute atomic E-state index is 13.7. The molecule has 5 heteroatoms. The Morgan fingerprint density at radius 1 is 1.12 bits per heavy atom. The van der Waals surface area contributed by atoms with E-state index in [0.29, 0.717) is 5.56 Å². The number of halogens is 4. The number of allylic oxidation sites excluding steroid dienone is 1. The normalized spacial score (nSPS) is 25.1. The van der Waals surface area contributed by atoms with Crippen molar-refractivity contribution in [1.29, 1.82) is 0 Å². The topological polar surface area (TPSA) is 9.23 Å². The molecule has 17 heavy (non-hydrogen) atoms. The van der Waals surface area contributed by atoms with Gasteiger partial charge < -0.3 is 4.74 Å². The van der Waals surface area contributed by atoms with E-state index in [0.717, 1.165) is 13.2 Å². The molecule has 0 bridgehead atoms. The summed E-state index contributed by atoms with van der Waals surface area (Å²) in [7, 11) is 0.997. The van der Waals surface area contributed by atoms with E-state index in [2.05, 4.69) is 4.74 Å². The first-order valence-electron chi connectivity index (χ1n) is 4.97. The fraction of sp³-hybridized carbons (Fsp3) is 0.333. The van der Waals surface area contributed by atoms with Crippen LogP contribution in [0.3, 0.4) is 0 Å². The Bertz CT molecular complexity index is 454. The van der Waals surface area contributed by atoms with Crippen LogP contribution in [-0.4, -0.2) is 19.0 Å². The van der Waals surface area contributed by atoms with Gasteiger partial charge in [-0.25, -0.2) is 0 Å². The van der Waals surface area contributed by atoms with E-state index in [4.69, 9.17) is 0 Å². The van der Waals surface area contributed by atoms with E-state index in [1.807, 2.05) is 0 Å². The number of rotatable bonds is 1. The molecule has 0 radical (unpaired) electrons. The minimum absolute atomic E-state index is 0.0634. The second-order valence-corrected chi connectivity index (χ2v) is 3.82. The molecule has 0 spiro atoms. The molecule has 0 aliphatic heterocycles. The SMILES string of the molecule is COC1c2ccccc2C=CC(F)(F)C1(F)F. The Balaban J connectivity index is 2.64. The van der Waals surface area contributed by atoms with Crippen LogP contribution in [0, 0.1) is 0 Å². The van der Waals surface area contributed by atoms with E-state index >= 15 is 0 Å². The lowest BCUT2D eigenvalue weighted by atomic mass is 9.98. The third kappa shape index (κ3) is 1.74. The number of hydrogen-bond donors (Lipinski definition) is 0. The Morgan fingerprint density at radius 3 is 2.41 bits per heavy atom. The lowest BCUT2D eigenvalue weighted by Gasteiger charge is -2.29. The van der Waals surface area contributed by atoms with E-state index in [9.17, 15) is 17.6 Å². The minimum atomic E-state index is -4.27. The van der Waals surface area contributed by atoms with Gasteiger partial charge in [0.1, 0.15) is 0 Å². The van der Waals surface area contributed by atoms with Gasteiger partial charge in [0.15, 0.2) is 6.10 Å². The smallest absolute Gasteiger partial charge is 0.343 e. The molecule has 0 heterocycles. The third-order valence-corrected chi connectivity index (χ3v) is 2.76. The summed E-state index contributed by atoms with van der Waals surface area (Å²) in [5.74, 6) is -8.50. The number of benzene rings is 1. The van der Waals surface area contributed by atoms with Crippen LogP contribution < -0.4 is 0 Å². The highest BCUT2D eigenvalue weighted by Crippen LogP contribution is 2.48. The van der Waals surface area contributed by atoms with Crippen LogP contribution in [0.4, 0.5) is 17.6 Å². The van der Waals surface area contributed by atoms with E-state index in [1.165, 1.54) is 18.2 Å². The Kier molecular flexibility index (Phi) is 2.73. The van der Waals surface area contributed by atoms with Gasteiger partial charge in [-0.15, -0.1) is 0 Å². The molecule has 1 aromatic carbocycles. The lowest BCUT2D eigenvalue weighted by Crippen LogP contribution is -2.44. The Hall–Kier alpha value is -1.36. The predicted molar refractivity (Wildman–Crippen MR) is 55.1 cm³/mol. The number of hydrogen-bond acceptors (Lipinski definition) is 1. The van der Waals surface area contributed by atoms with Gasteiger partial charge in [0.25, 0.3) is 0 Å². The van der Waals surface area contributed by atoms with Crippen molar-refractivity contribution in [3.8, 4) is 0 Å². The first-order chi connectivity index (χ1) is 7.90. The number of ether oxygens (including phenoxy) is 1. The lowest BCUT2D eigenvalue weighted by molar-refractivity contribution is -0.238. The summed E-state index contributed by atoms with van der Waals surface area (Å²) in [6.07, 6.45) is -0.726. The molecule has 1 aromatic rings. The highest BCUT2D eigenvalue weighted by Gasteiger charge is 2.61. The van der Waals surface area contributed by atoms with Crippen molar-refractivity contribution in [2.24, 2.45) is 0 Å². The van der Waals surface area contributed by atoms with Crippen LogP contribution in [0.15, 0.2) is 30.3 Å². The van der Waals surface area contributed by atoms with E-state index in [-0.39, 0.29) is 11.6 Å². The monoisotopic (exact) mass is 246 g/mol. The van der Waals surface area contributed by atoms with Crippen LogP contribution in [0.5, 0.6) is 0 Å². The summed E-state index contributed by atoms with van der Waals surface area (Å²) in [5.41, 5.74) is 0.379. The second kappa shape index (κ2) is 3.84. The molecular formula is C12H10F4O. The molecule has 1 aliphatic rings. The molecule has 1 aliphatic carbocycles. The summed E-state index contributed by atoms with van der Waals surface area (Å²) in [6, 6.07) is 5.97. The number of alkyl halides is 4. The maximum Gasteiger partial charge on any atom is 0.343 e. The quantitative estimate of drug-likeness (QED) is 0.687. The predicted octanol–water partition coefficient (Wildman–Crippen LogP) is 3.67. The maximum atomic E-state index is 13.7. The van der Waals surface area contributed by atoms with Crippen molar-refractivity contribution in [3.05, 3.63) is 41.5 Å². The van der Waals surface area contributed by atoms with Gasteiger partial charge in [0.2, 0.25) is 0 Å². The molecule has 0 amide bonds. The Morgan fingerprint density at radius 2 is 1.76 bits per heavy atom. The minimum Gasteiger partial charge on any atom is -0.370 e. The largest absolute Gasteiger partial charge is 0.370 e. The molecule has 0 aromatic heterocycles. The van der Waals surface area contributed by atoms with Crippen LogP contribution in [-0.2, 0) is 4.74 Å².